The van der Waals surface area contributed by atoms with Crippen molar-refractivity contribution in [1.29, 1.82) is 0 Å². The molecule has 1 aliphatic heterocycles. The molecule has 1 aliphatic rings. The van der Waals surface area contributed by atoms with Crippen LogP contribution in [0, 0.1) is 0 Å². The summed E-state index contributed by atoms with van der Waals surface area (Å²) in [4.78, 5) is 4.44. The summed E-state index contributed by atoms with van der Waals surface area (Å²) in [5.41, 5.74) is 2.52. The summed E-state index contributed by atoms with van der Waals surface area (Å²) in [6.45, 7) is 5.11. The maximum absolute atomic E-state index is 5.59. The molecule has 1 heterocycles. The van der Waals surface area contributed by atoms with E-state index in [9.17, 15) is 0 Å². The highest BCUT2D eigenvalue weighted by Gasteiger charge is 2.20. The second-order valence-corrected chi connectivity index (χ2v) is 8.41. The fraction of sp³-hybridized carbons (Fsp3) is 0.417. The lowest BCUT2D eigenvalue weighted by Gasteiger charge is -2.37. The number of ether oxygens (including phenoxy) is 2. The Morgan fingerprint density at radius 1 is 0.688 bits per heavy atom. The summed E-state index contributed by atoms with van der Waals surface area (Å²) in [5.74, 6) is 1.76. The number of nitrogens with one attached hydrogen (secondary N) is 2. The van der Waals surface area contributed by atoms with Crippen LogP contribution in [0.25, 0.3) is 0 Å². The molecule has 0 saturated carbocycles. The smallest absolute Gasteiger partial charge is 0.169 e. The molecule has 3 rings (SSSR count). The van der Waals surface area contributed by atoms with E-state index >= 15 is 0 Å². The molecule has 32 heavy (non-hydrogen) atoms. The first-order chi connectivity index (χ1) is 15.6. The third-order valence-electron chi connectivity index (χ3n) is 5.55. The van der Waals surface area contributed by atoms with Crippen molar-refractivity contribution in [2.45, 2.75) is 12.8 Å². The molecule has 0 atom stereocenters. The largest absolute Gasteiger partial charge is 0.497 e. The maximum Gasteiger partial charge on any atom is 0.169 e. The van der Waals surface area contributed by atoms with Crippen molar-refractivity contribution in [1.82, 2.24) is 20.4 Å². The summed E-state index contributed by atoms with van der Waals surface area (Å²) in [6.07, 6.45) is 1.85. The number of nitrogens with zero attached hydrogens (tertiary/aromatic N) is 2. The van der Waals surface area contributed by atoms with Gasteiger partial charge in [0.05, 0.1) is 14.2 Å². The van der Waals surface area contributed by atoms with Gasteiger partial charge in [0.1, 0.15) is 11.5 Å². The second kappa shape index (κ2) is 12.5. The molecule has 0 unspecified atom stereocenters. The van der Waals surface area contributed by atoms with E-state index in [-0.39, 0.29) is 0 Å². The van der Waals surface area contributed by atoms with Gasteiger partial charge in [-0.15, -0.1) is 0 Å². The van der Waals surface area contributed by atoms with Gasteiger partial charge in [0.15, 0.2) is 10.2 Å². The normalized spacial score (nSPS) is 13.4. The van der Waals surface area contributed by atoms with Crippen LogP contribution in [0.1, 0.15) is 11.1 Å². The zero-order chi connectivity index (χ0) is 22.8. The van der Waals surface area contributed by atoms with Crippen LogP contribution in [0.2, 0.25) is 0 Å². The van der Waals surface area contributed by atoms with Gasteiger partial charge < -0.3 is 29.9 Å². The number of methoxy groups -OCH3 is 2. The van der Waals surface area contributed by atoms with Crippen LogP contribution in [-0.4, -0.2) is 73.5 Å². The highest BCUT2D eigenvalue weighted by Crippen LogP contribution is 2.12. The van der Waals surface area contributed by atoms with Gasteiger partial charge in [-0.05, 0) is 72.7 Å². The third-order valence-corrected chi connectivity index (χ3v) is 6.36. The fourth-order valence-electron chi connectivity index (χ4n) is 3.55. The Morgan fingerprint density at radius 3 is 1.34 bits per heavy atom. The topological polar surface area (TPSA) is 49.0 Å². The minimum atomic E-state index is 0.816. The van der Waals surface area contributed by atoms with Crippen LogP contribution >= 0.6 is 24.4 Å². The number of rotatable bonds is 8. The van der Waals surface area contributed by atoms with E-state index in [2.05, 4.69) is 44.7 Å². The molecule has 0 radical (unpaired) electrons. The maximum atomic E-state index is 5.59. The first-order valence-corrected chi connectivity index (χ1v) is 11.7. The first-order valence-electron chi connectivity index (χ1n) is 10.9. The number of benzene rings is 2. The van der Waals surface area contributed by atoms with Crippen molar-refractivity contribution in [3.8, 4) is 11.5 Å². The Balaban J connectivity index is 1.31. The predicted octanol–water partition coefficient (Wildman–Crippen LogP) is 2.86. The summed E-state index contributed by atoms with van der Waals surface area (Å²) in [5, 5.41) is 8.40. The molecule has 172 valence electrons. The fourth-order valence-corrected chi connectivity index (χ4v) is 4.12. The van der Waals surface area contributed by atoms with Crippen molar-refractivity contribution in [2.75, 3.05) is 53.5 Å². The summed E-state index contributed by atoms with van der Waals surface area (Å²) in [6, 6.07) is 16.3. The van der Waals surface area contributed by atoms with Gasteiger partial charge in [-0.1, -0.05) is 24.3 Å². The van der Waals surface area contributed by atoms with Crippen LogP contribution in [0.5, 0.6) is 11.5 Å². The summed E-state index contributed by atoms with van der Waals surface area (Å²) >= 11 is 11.2. The zero-order valence-corrected chi connectivity index (χ0v) is 20.4. The molecule has 1 saturated heterocycles. The lowest BCUT2D eigenvalue weighted by Crippen LogP contribution is -2.55. The van der Waals surface area contributed by atoms with E-state index < -0.39 is 0 Å². The molecule has 2 aromatic carbocycles. The highest BCUT2D eigenvalue weighted by molar-refractivity contribution is 7.80. The zero-order valence-electron chi connectivity index (χ0n) is 18.8. The Morgan fingerprint density at radius 2 is 1.03 bits per heavy atom. The minimum absolute atomic E-state index is 0.816. The molecule has 2 N–H and O–H groups in total. The molecule has 0 bridgehead atoms. The number of piperazine rings is 1. The van der Waals surface area contributed by atoms with Crippen molar-refractivity contribution < 1.29 is 9.47 Å². The van der Waals surface area contributed by atoms with Crippen molar-refractivity contribution >= 4 is 34.7 Å². The van der Waals surface area contributed by atoms with E-state index in [1.165, 1.54) is 11.1 Å². The van der Waals surface area contributed by atoms with Gasteiger partial charge >= 0.3 is 0 Å². The van der Waals surface area contributed by atoms with Crippen LogP contribution in [0.15, 0.2) is 48.5 Å². The molecule has 6 nitrogen and oxygen atoms in total. The van der Waals surface area contributed by atoms with Crippen molar-refractivity contribution in [3.05, 3.63) is 59.7 Å². The minimum Gasteiger partial charge on any atom is -0.497 e. The van der Waals surface area contributed by atoms with E-state index in [0.717, 1.165) is 73.8 Å². The van der Waals surface area contributed by atoms with Gasteiger partial charge in [0, 0.05) is 39.3 Å². The lowest BCUT2D eigenvalue weighted by atomic mass is 10.1. The van der Waals surface area contributed by atoms with Crippen LogP contribution in [-0.2, 0) is 12.8 Å². The van der Waals surface area contributed by atoms with Gasteiger partial charge in [-0.3, -0.25) is 0 Å². The SMILES string of the molecule is COc1ccc(CCNC(=S)N2CCN(C(=S)NCCc3ccc(OC)cc3)CC2)cc1. The number of hydrogen-bond acceptors (Lipinski definition) is 4. The van der Waals surface area contributed by atoms with Gasteiger partial charge in [0.2, 0.25) is 0 Å². The third kappa shape index (κ3) is 7.24. The molecule has 0 aromatic heterocycles. The van der Waals surface area contributed by atoms with Crippen LogP contribution in [0.3, 0.4) is 0 Å². The molecular weight excluding hydrogens is 440 g/mol. The van der Waals surface area contributed by atoms with Gasteiger partial charge in [-0.25, -0.2) is 0 Å². The van der Waals surface area contributed by atoms with Crippen molar-refractivity contribution in [3.63, 3.8) is 0 Å². The highest BCUT2D eigenvalue weighted by atomic mass is 32.1. The quantitative estimate of drug-likeness (QED) is 0.569. The van der Waals surface area contributed by atoms with Crippen LogP contribution in [0.4, 0.5) is 0 Å². The van der Waals surface area contributed by atoms with E-state index in [1.54, 1.807) is 14.2 Å². The molecule has 1 fully saturated rings. The standard InChI is InChI=1S/C24H32N4O2S2/c1-29-21-7-3-19(4-8-21)11-13-25-23(31)27-15-17-28(18-16-27)24(32)26-14-12-20-5-9-22(30-2)10-6-20/h3-10H,11-18H2,1-2H3,(H,25,31)(H,26,32). The summed E-state index contributed by atoms with van der Waals surface area (Å²) in [7, 11) is 3.36. The average molecular weight is 473 g/mol. The van der Waals surface area contributed by atoms with Gasteiger partial charge in [0.25, 0.3) is 0 Å². The number of thiocarbonyl (C=S) groups is 2. The van der Waals surface area contributed by atoms with E-state index in [1.807, 2.05) is 24.3 Å². The monoisotopic (exact) mass is 472 g/mol. The first kappa shape index (κ1) is 24.1. The molecular formula is C24H32N4O2S2. The lowest BCUT2D eigenvalue weighted by molar-refractivity contribution is 0.255. The molecule has 0 aliphatic carbocycles. The Kier molecular flexibility index (Phi) is 9.37. The van der Waals surface area contributed by atoms with Crippen LogP contribution < -0.4 is 20.1 Å². The Bertz CT molecular complexity index is 793. The molecule has 8 heteroatoms. The molecule has 0 amide bonds. The second-order valence-electron chi connectivity index (χ2n) is 7.63. The predicted molar refractivity (Wildman–Crippen MR) is 138 cm³/mol. The van der Waals surface area contributed by atoms with Gasteiger partial charge in [-0.2, -0.15) is 0 Å². The Labute approximate surface area is 201 Å². The van der Waals surface area contributed by atoms with E-state index in [0.29, 0.717) is 0 Å². The molecule has 0 spiro atoms. The van der Waals surface area contributed by atoms with E-state index in [4.69, 9.17) is 33.9 Å². The molecule has 2 aromatic rings. The average Bonchev–Trinajstić information content (AvgIpc) is 2.85. The van der Waals surface area contributed by atoms with Crippen molar-refractivity contribution in [2.24, 2.45) is 0 Å². The summed E-state index contributed by atoms with van der Waals surface area (Å²) < 4.78 is 10.4. The Hall–Kier alpha value is -2.58. The number of hydrogen-bond donors (Lipinski definition) is 2.